The summed E-state index contributed by atoms with van der Waals surface area (Å²) in [6.45, 7) is 13.1. The molecule has 1 aliphatic heterocycles. The Labute approximate surface area is 123 Å². The molecular formula is C18H29NO. The van der Waals surface area contributed by atoms with Crippen molar-refractivity contribution < 1.29 is 4.74 Å². The lowest BCUT2D eigenvalue weighted by Gasteiger charge is -2.30. The van der Waals surface area contributed by atoms with Gasteiger partial charge in [-0.15, -0.1) is 0 Å². The molecule has 20 heavy (non-hydrogen) atoms. The summed E-state index contributed by atoms with van der Waals surface area (Å²) in [6.07, 6.45) is 2.64. The summed E-state index contributed by atoms with van der Waals surface area (Å²) in [5.74, 6) is 0.629. The Balaban J connectivity index is 2.35. The van der Waals surface area contributed by atoms with Crippen molar-refractivity contribution in [1.29, 1.82) is 0 Å². The van der Waals surface area contributed by atoms with Crippen LogP contribution >= 0.6 is 0 Å². The fourth-order valence-corrected chi connectivity index (χ4v) is 3.51. The molecule has 0 amide bonds. The van der Waals surface area contributed by atoms with Gasteiger partial charge in [-0.25, -0.2) is 0 Å². The summed E-state index contributed by atoms with van der Waals surface area (Å²) in [6, 6.07) is 4.92. The quantitative estimate of drug-likeness (QED) is 0.874. The van der Waals surface area contributed by atoms with Gasteiger partial charge in [0.25, 0.3) is 0 Å². The molecule has 1 aromatic carbocycles. The van der Waals surface area contributed by atoms with E-state index in [4.69, 9.17) is 4.74 Å². The Morgan fingerprint density at radius 2 is 1.90 bits per heavy atom. The Hall–Kier alpha value is -0.860. The highest BCUT2D eigenvalue weighted by atomic mass is 16.5. The molecule has 0 bridgehead atoms. The third-order valence-electron chi connectivity index (χ3n) is 4.44. The van der Waals surface area contributed by atoms with Crippen LogP contribution in [0, 0.1) is 26.7 Å². The molecule has 0 aromatic heterocycles. The minimum Gasteiger partial charge on any atom is -0.376 e. The first-order valence-electron chi connectivity index (χ1n) is 7.97. The lowest BCUT2D eigenvalue weighted by Crippen LogP contribution is -2.36. The maximum absolute atomic E-state index is 6.06. The van der Waals surface area contributed by atoms with Crippen molar-refractivity contribution >= 4 is 0 Å². The van der Waals surface area contributed by atoms with E-state index in [0.29, 0.717) is 18.1 Å². The Morgan fingerprint density at radius 1 is 1.25 bits per heavy atom. The van der Waals surface area contributed by atoms with Crippen molar-refractivity contribution in [1.82, 2.24) is 5.32 Å². The van der Waals surface area contributed by atoms with E-state index in [1.54, 1.807) is 0 Å². The van der Waals surface area contributed by atoms with Crippen LogP contribution in [0.4, 0.5) is 0 Å². The maximum Gasteiger partial charge on any atom is 0.0796 e. The van der Waals surface area contributed by atoms with Gasteiger partial charge in [-0.2, -0.15) is 0 Å². The second kappa shape index (κ2) is 6.73. The standard InChI is InChI=1S/C18H29NO/c1-6-8-19-17(18-13(3)7-9-20-18)16-14(4)10-12(2)11-15(16)5/h10-11,13,17-19H,6-9H2,1-5H3. The van der Waals surface area contributed by atoms with E-state index >= 15 is 0 Å². The van der Waals surface area contributed by atoms with Crippen molar-refractivity contribution in [3.05, 3.63) is 34.4 Å². The lowest BCUT2D eigenvalue weighted by atomic mass is 9.86. The number of hydrogen-bond donors (Lipinski definition) is 1. The molecule has 1 saturated heterocycles. The van der Waals surface area contributed by atoms with Crippen LogP contribution in [-0.4, -0.2) is 19.3 Å². The van der Waals surface area contributed by atoms with E-state index in [9.17, 15) is 0 Å². The molecule has 1 fully saturated rings. The van der Waals surface area contributed by atoms with Gasteiger partial charge < -0.3 is 10.1 Å². The smallest absolute Gasteiger partial charge is 0.0796 e. The Kier molecular flexibility index (Phi) is 5.22. The van der Waals surface area contributed by atoms with Gasteiger partial charge >= 0.3 is 0 Å². The zero-order valence-corrected chi connectivity index (χ0v) is 13.6. The normalized spacial score (nSPS) is 24.1. The second-order valence-corrected chi connectivity index (χ2v) is 6.35. The van der Waals surface area contributed by atoms with Crippen LogP contribution in [0.2, 0.25) is 0 Å². The lowest BCUT2D eigenvalue weighted by molar-refractivity contribution is 0.0603. The summed E-state index contributed by atoms with van der Waals surface area (Å²) >= 11 is 0. The first-order valence-corrected chi connectivity index (χ1v) is 7.97. The van der Waals surface area contributed by atoms with Gasteiger partial charge in [-0.05, 0) is 62.8 Å². The van der Waals surface area contributed by atoms with Crippen molar-refractivity contribution in [2.45, 2.75) is 59.6 Å². The van der Waals surface area contributed by atoms with Gasteiger partial charge in [0.2, 0.25) is 0 Å². The molecule has 112 valence electrons. The molecule has 1 aromatic rings. The molecule has 2 nitrogen and oxygen atoms in total. The van der Waals surface area contributed by atoms with Crippen molar-refractivity contribution in [3.8, 4) is 0 Å². The number of rotatable bonds is 5. The van der Waals surface area contributed by atoms with Crippen LogP contribution in [0.15, 0.2) is 12.1 Å². The van der Waals surface area contributed by atoms with Crippen molar-refractivity contribution in [2.75, 3.05) is 13.2 Å². The van der Waals surface area contributed by atoms with Crippen molar-refractivity contribution in [3.63, 3.8) is 0 Å². The van der Waals surface area contributed by atoms with Gasteiger partial charge in [0, 0.05) is 6.61 Å². The zero-order valence-electron chi connectivity index (χ0n) is 13.6. The van der Waals surface area contributed by atoms with Gasteiger partial charge in [0.05, 0.1) is 12.1 Å². The number of aryl methyl sites for hydroxylation is 3. The monoisotopic (exact) mass is 275 g/mol. The maximum atomic E-state index is 6.06. The SMILES string of the molecule is CCCNC(c1c(C)cc(C)cc1C)C1OCCC1C. The Morgan fingerprint density at radius 3 is 2.40 bits per heavy atom. The van der Waals surface area contributed by atoms with E-state index in [1.165, 1.54) is 28.7 Å². The summed E-state index contributed by atoms with van der Waals surface area (Å²) < 4.78 is 6.06. The molecular weight excluding hydrogens is 246 g/mol. The van der Waals surface area contributed by atoms with Crippen LogP contribution < -0.4 is 5.32 Å². The predicted molar refractivity (Wildman–Crippen MR) is 85.2 cm³/mol. The second-order valence-electron chi connectivity index (χ2n) is 6.35. The third-order valence-corrected chi connectivity index (χ3v) is 4.44. The molecule has 3 unspecified atom stereocenters. The average Bonchev–Trinajstić information content (AvgIpc) is 2.78. The minimum absolute atomic E-state index is 0.307. The highest BCUT2D eigenvalue weighted by Gasteiger charge is 2.34. The third kappa shape index (κ3) is 3.24. The van der Waals surface area contributed by atoms with E-state index in [2.05, 4.69) is 52.1 Å². The highest BCUT2D eigenvalue weighted by Crippen LogP contribution is 2.34. The summed E-state index contributed by atoms with van der Waals surface area (Å²) in [4.78, 5) is 0. The largest absolute Gasteiger partial charge is 0.376 e. The molecule has 0 saturated carbocycles. The fraction of sp³-hybridized carbons (Fsp3) is 0.667. The summed E-state index contributed by atoms with van der Waals surface area (Å²) in [5.41, 5.74) is 5.57. The van der Waals surface area contributed by atoms with E-state index in [1.807, 2.05) is 0 Å². The average molecular weight is 275 g/mol. The van der Waals surface area contributed by atoms with Crippen molar-refractivity contribution in [2.24, 2.45) is 5.92 Å². The van der Waals surface area contributed by atoms with Crippen LogP contribution in [0.3, 0.4) is 0 Å². The molecule has 1 N–H and O–H groups in total. The number of benzene rings is 1. The minimum atomic E-state index is 0.307. The van der Waals surface area contributed by atoms with Gasteiger partial charge in [0.1, 0.15) is 0 Å². The molecule has 3 atom stereocenters. The first kappa shape index (κ1) is 15.5. The van der Waals surface area contributed by atoms with Crippen LogP contribution in [0.25, 0.3) is 0 Å². The number of nitrogens with one attached hydrogen (secondary N) is 1. The number of hydrogen-bond acceptors (Lipinski definition) is 2. The predicted octanol–water partition coefficient (Wildman–Crippen LogP) is 4.08. The molecule has 2 heteroatoms. The van der Waals surface area contributed by atoms with Gasteiger partial charge in [-0.1, -0.05) is 31.5 Å². The molecule has 0 aliphatic carbocycles. The van der Waals surface area contributed by atoms with E-state index < -0.39 is 0 Å². The zero-order chi connectivity index (χ0) is 14.7. The summed E-state index contributed by atoms with van der Waals surface area (Å²) in [7, 11) is 0. The Bertz CT molecular complexity index is 432. The molecule has 1 aliphatic rings. The fourth-order valence-electron chi connectivity index (χ4n) is 3.51. The summed E-state index contributed by atoms with van der Waals surface area (Å²) in [5, 5.41) is 3.73. The van der Waals surface area contributed by atoms with Gasteiger partial charge in [0.15, 0.2) is 0 Å². The molecule has 2 rings (SSSR count). The van der Waals surface area contributed by atoms with E-state index in [-0.39, 0.29) is 0 Å². The van der Waals surface area contributed by atoms with Crippen LogP contribution in [-0.2, 0) is 4.74 Å². The van der Waals surface area contributed by atoms with Gasteiger partial charge in [-0.3, -0.25) is 0 Å². The highest BCUT2D eigenvalue weighted by molar-refractivity contribution is 5.40. The van der Waals surface area contributed by atoms with E-state index in [0.717, 1.165) is 19.6 Å². The molecule has 0 spiro atoms. The topological polar surface area (TPSA) is 21.3 Å². The molecule has 0 radical (unpaired) electrons. The first-order chi connectivity index (χ1) is 9.54. The van der Waals surface area contributed by atoms with Crippen LogP contribution in [0.5, 0.6) is 0 Å². The van der Waals surface area contributed by atoms with Crippen LogP contribution in [0.1, 0.15) is 55.0 Å². The molecule has 1 heterocycles. The number of ether oxygens (including phenoxy) is 1.